The van der Waals surface area contributed by atoms with E-state index in [4.69, 9.17) is 4.74 Å². The summed E-state index contributed by atoms with van der Waals surface area (Å²) < 4.78 is 5.99. The summed E-state index contributed by atoms with van der Waals surface area (Å²) in [6.45, 7) is 4.52. The number of hydrogen-bond acceptors (Lipinski definition) is 5. The third-order valence-corrected chi connectivity index (χ3v) is 5.77. The van der Waals surface area contributed by atoms with E-state index in [0.29, 0.717) is 18.7 Å². The molecule has 0 aromatic heterocycles. The number of aliphatic hydroxyl groups is 1. The van der Waals surface area contributed by atoms with Crippen LogP contribution in [0.3, 0.4) is 0 Å². The lowest BCUT2D eigenvalue weighted by atomic mass is 9.99. The van der Waals surface area contributed by atoms with E-state index in [9.17, 15) is 19.5 Å². The molecule has 34 heavy (non-hydrogen) atoms. The van der Waals surface area contributed by atoms with Gasteiger partial charge in [0.25, 0.3) is 0 Å². The lowest BCUT2D eigenvalue weighted by Crippen LogP contribution is -2.53. The molecule has 8 nitrogen and oxygen atoms in total. The zero-order valence-corrected chi connectivity index (χ0v) is 19.8. The van der Waals surface area contributed by atoms with E-state index in [1.54, 1.807) is 37.4 Å². The number of benzene rings is 2. The Bertz CT molecular complexity index is 967. The van der Waals surface area contributed by atoms with Crippen molar-refractivity contribution in [3.8, 4) is 0 Å². The van der Waals surface area contributed by atoms with Crippen molar-refractivity contribution in [2.75, 3.05) is 20.2 Å². The number of nitrogens with one attached hydrogen (secondary N) is 2. The first kappa shape index (κ1) is 25.4. The van der Waals surface area contributed by atoms with Gasteiger partial charge < -0.3 is 25.4 Å². The van der Waals surface area contributed by atoms with Crippen LogP contribution in [0.4, 0.5) is 0 Å². The highest BCUT2D eigenvalue weighted by atomic mass is 16.5. The summed E-state index contributed by atoms with van der Waals surface area (Å²) in [6.07, 6.45) is -1.66. The average Bonchev–Trinajstić information content (AvgIpc) is 2.96. The van der Waals surface area contributed by atoms with Crippen molar-refractivity contribution in [3.63, 3.8) is 0 Å². The van der Waals surface area contributed by atoms with E-state index < -0.39 is 36.1 Å². The fourth-order valence-electron chi connectivity index (χ4n) is 3.93. The number of ether oxygens (including phenoxy) is 1. The summed E-state index contributed by atoms with van der Waals surface area (Å²) in [5.41, 5.74) is 1.31. The number of carbonyl (C=O) groups is 3. The zero-order chi connectivity index (χ0) is 24.7. The topological polar surface area (TPSA) is 108 Å². The van der Waals surface area contributed by atoms with Gasteiger partial charge in [-0.25, -0.2) is 0 Å². The van der Waals surface area contributed by atoms with E-state index in [1.807, 2.05) is 44.2 Å². The van der Waals surface area contributed by atoms with Crippen LogP contribution in [0.25, 0.3) is 0 Å². The van der Waals surface area contributed by atoms with Crippen LogP contribution < -0.4 is 10.6 Å². The molecule has 1 fully saturated rings. The second kappa shape index (κ2) is 11.8. The molecule has 0 bridgehead atoms. The summed E-state index contributed by atoms with van der Waals surface area (Å²) in [4.78, 5) is 40.9. The molecule has 0 aliphatic carbocycles. The Morgan fingerprint density at radius 1 is 1.06 bits per heavy atom. The van der Waals surface area contributed by atoms with E-state index in [1.165, 1.54) is 4.90 Å². The maximum Gasteiger partial charge on any atom is 0.249 e. The van der Waals surface area contributed by atoms with Crippen LogP contribution in [0.1, 0.15) is 43.5 Å². The summed E-state index contributed by atoms with van der Waals surface area (Å²) in [5.74, 6) is -1.38. The molecule has 0 radical (unpaired) electrons. The van der Waals surface area contributed by atoms with Crippen LogP contribution >= 0.6 is 0 Å². The molecule has 2 aromatic carbocycles. The van der Waals surface area contributed by atoms with Crippen LogP contribution in [0, 0.1) is 5.92 Å². The third-order valence-electron chi connectivity index (χ3n) is 5.77. The van der Waals surface area contributed by atoms with Crippen molar-refractivity contribution in [1.82, 2.24) is 15.5 Å². The normalized spacial score (nSPS) is 20.4. The Balaban J connectivity index is 1.88. The standard InChI is InChI=1S/C26H33N3O5/c1-17(2)16-20(30)24(31)27-21(18-10-6-4-7-11-18)25(32)28-22-23(19-12-8-5-9-13-19)34-15-14-29(3)26(22)33/h4-13,17,20-23,30H,14-16H2,1-3H3,(H,27,31)(H,28,32)/t20-,21-,22-,23+/m0/s1. The van der Waals surface area contributed by atoms with E-state index >= 15 is 0 Å². The average molecular weight is 468 g/mol. The molecule has 3 rings (SSSR count). The molecule has 2 aromatic rings. The largest absolute Gasteiger partial charge is 0.383 e. The summed E-state index contributed by atoms with van der Waals surface area (Å²) in [7, 11) is 1.66. The Labute approximate surface area is 200 Å². The molecule has 1 saturated heterocycles. The van der Waals surface area contributed by atoms with Gasteiger partial charge >= 0.3 is 0 Å². The SMILES string of the molecule is CC(C)C[C@H](O)C(=O)N[C@H](C(=O)N[C@@H]1C(=O)N(C)CCO[C@@H]1c1ccccc1)c1ccccc1. The van der Waals surface area contributed by atoms with Gasteiger partial charge in [-0.2, -0.15) is 0 Å². The van der Waals surface area contributed by atoms with Crippen LogP contribution in [0.5, 0.6) is 0 Å². The number of rotatable bonds is 8. The van der Waals surface area contributed by atoms with Crippen molar-refractivity contribution in [2.45, 2.75) is 44.6 Å². The summed E-state index contributed by atoms with van der Waals surface area (Å²) in [6, 6.07) is 15.9. The fraction of sp³-hybridized carbons (Fsp3) is 0.423. The van der Waals surface area contributed by atoms with Gasteiger partial charge in [0.05, 0.1) is 6.61 Å². The van der Waals surface area contributed by atoms with Gasteiger partial charge in [0.1, 0.15) is 24.3 Å². The molecule has 4 atom stereocenters. The van der Waals surface area contributed by atoms with Gasteiger partial charge in [-0.1, -0.05) is 74.5 Å². The van der Waals surface area contributed by atoms with Crippen molar-refractivity contribution < 1.29 is 24.2 Å². The van der Waals surface area contributed by atoms with E-state index in [2.05, 4.69) is 10.6 Å². The van der Waals surface area contributed by atoms with Gasteiger partial charge in [-0.05, 0) is 23.5 Å². The van der Waals surface area contributed by atoms with Crippen LogP contribution in [0.2, 0.25) is 0 Å². The third kappa shape index (κ3) is 6.42. The van der Waals surface area contributed by atoms with Crippen LogP contribution in [-0.2, 0) is 19.1 Å². The Morgan fingerprint density at radius 3 is 2.29 bits per heavy atom. The molecule has 1 heterocycles. The first-order valence-corrected chi connectivity index (χ1v) is 11.5. The quantitative estimate of drug-likeness (QED) is 0.550. The monoisotopic (exact) mass is 467 g/mol. The first-order chi connectivity index (χ1) is 16.3. The van der Waals surface area contributed by atoms with E-state index in [-0.39, 0.29) is 18.2 Å². The minimum absolute atomic E-state index is 0.104. The highest BCUT2D eigenvalue weighted by Gasteiger charge is 2.38. The smallest absolute Gasteiger partial charge is 0.249 e. The molecule has 3 N–H and O–H groups in total. The minimum atomic E-state index is -1.25. The molecular formula is C26H33N3O5. The number of hydrogen-bond donors (Lipinski definition) is 3. The van der Waals surface area contributed by atoms with Crippen molar-refractivity contribution >= 4 is 17.7 Å². The zero-order valence-electron chi connectivity index (χ0n) is 19.8. The van der Waals surface area contributed by atoms with Crippen LogP contribution in [-0.4, -0.2) is 60.1 Å². The first-order valence-electron chi connectivity index (χ1n) is 11.5. The minimum Gasteiger partial charge on any atom is -0.383 e. The Morgan fingerprint density at radius 2 is 1.68 bits per heavy atom. The highest BCUT2D eigenvalue weighted by molar-refractivity contribution is 5.93. The van der Waals surface area contributed by atoms with Crippen molar-refractivity contribution in [2.24, 2.45) is 5.92 Å². The van der Waals surface area contributed by atoms with Gasteiger partial charge in [0.2, 0.25) is 17.7 Å². The molecule has 182 valence electrons. The predicted molar refractivity (Wildman–Crippen MR) is 127 cm³/mol. The summed E-state index contributed by atoms with van der Waals surface area (Å²) in [5, 5.41) is 15.7. The lowest BCUT2D eigenvalue weighted by molar-refractivity contribution is -0.139. The van der Waals surface area contributed by atoms with Crippen molar-refractivity contribution in [3.05, 3.63) is 71.8 Å². The van der Waals surface area contributed by atoms with Gasteiger partial charge in [0.15, 0.2) is 0 Å². The fourth-order valence-corrected chi connectivity index (χ4v) is 3.93. The molecule has 1 aliphatic rings. The molecular weight excluding hydrogens is 434 g/mol. The maximum atomic E-state index is 13.5. The van der Waals surface area contributed by atoms with Gasteiger partial charge in [-0.15, -0.1) is 0 Å². The van der Waals surface area contributed by atoms with Gasteiger partial charge in [-0.3, -0.25) is 14.4 Å². The second-order valence-electron chi connectivity index (χ2n) is 8.95. The second-order valence-corrected chi connectivity index (χ2v) is 8.95. The number of amides is 3. The Hall–Kier alpha value is -3.23. The number of carbonyl (C=O) groups excluding carboxylic acids is 3. The van der Waals surface area contributed by atoms with Crippen LogP contribution in [0.15, 0.2) is 60.7 Å². The maximum absolute atomic E-state index is 13.5. The molecule has 3 amide bonds. The molecule has 0 saturated carbocycles. The predicted octanol–water partition coefficient (Wildman–Crippen LogP) is 1.97. The highest BCUT2D eigenvalue weighted by Crippen LogP contribution is 2.26. The van der Waals surface area contributed by atoms with Crippen molar-refractivity contribution in [1.29, 1.82) is 0 Å². The number of aliphatic hydroxyl groups excluding tert-OH is 1. The molecule has 8 heteroatoms. The summed E-state index contributed by atoms with van der Waals surface area (Å²) >= 11 is 0. The lowest BCUT2D eigenvalue weighted by Gasteiger charge is -2.29. The molecule has 0 spiro atoms. The number of likely N-dealkylation sites (N-methyl/N-ethyl adjacent to an activating group) is 1. The Kier molecular flexibility index (Phi) is 8.79. The molecule has 0 unspecified atom stereocenters. The molecule has 1 aliphatic heterocycles. The van der Waals surface area contributed by atoms with E-state index in [0.717, 1.165) is 5.56 Å². The van der Waals surface area contributed by atoms with Gasteiger partial charge in [0, 0.05) is 13.6 Å². The number of nitrogens with zero attached hydrogens (tertiary/aromatic N) is 1.